The molecule has 7 aromatic rings. The number of aromatic nitrogens is 2. The van der Waals surface area contributed by atoms with Crippen LogP contribution in [0.15, 0.2) is 126 Å². The molecule has 0 aliphatic heterocycles. The van der Waals surface area contributed by atoms with Crippen molar-refractivity contribution in [3.63, 3.8) is 0 Å². The van der Waals surface area contributed by atoms with Crippen molar-refractivity contribution in [2.75, 3.05) is 43.0 Å². The summed E-state index contributed by atoms with van der Waals surface area (Å²) in [4.78, 5) is 15.8. The Morgan fingerprint density at radius 1 is 0.625 bits per heavy atom. The number of ether oxygens (including phenoxy) is 4. The third-order valence-corrected chi connectivity index (χ3v) is 12.7. The Labute approximate surface area is 428 Å². The molecule has 3 N–H and O–H groups in total. The smallest absolute Gasteiger partial charge is 0.387 e. The van der Waals surface area contributed by atoms with E-state index in [-0.39, 0.29) is 82.7 Å². The number of rotatable bonds is 19. The number of H-pyrrole nitrogens is 1. The molecule has 0 fully saturated rings. The Morgan fingerprint density at radius 3 is 1.60 bits per heavy atom. The summed E-state index contributed by atoms with van der Waals surface area (Å²) in [5.74, 6) is -2.23. The number of alkyl halides is 4. The molecule has 2 atom stereocenters. The van der Waals surface area contributed by atoms with Crippen LogP contribution in [-0.2, 0) is 47.2 Å². The van der Waals surface area contributed by atoms with Gasteiger partial charge in [0, 0.05) is 56.3 Å². The molecule has 6 aromatic carbocycles. The second kappa shape index (κ2) is 25.4. The van der Waals surface area contributed by atoms with Crippen LogP contribution >= 0.6 is 0 Å². The Bertz CT molecular complexity index is 3250. The van der Waals surface area contributed by atoms with Crippen LogP contribution in [0.1, 0.15) is 42.5 Å². The van der Waals surface area contributed by atoms with E-state index in [0.29, 0.717) is 55.7 Å². The zero-order valence-corrected chi connectivity index (χ0v) is 44.1. The van der Waals surface area contributed by atoms with Crippen LogP contribution in [-0.4, -0.2) is 76.8 Å². The molecule has 2 unspecified atom stereocenters. The van der Waals surface area contributed by atoms with Gasteiger partial charge in [-0.2, -0.15) is 17.6 Å². The third-order valence-electron chi connectivity index (χ3n) is 10.8. The van der Waals surface area contributed by atoms with Crippen LogP contribution < -0.4 is 30.4 Å². The van der Waals surface area contributed by atoms with E-state index < -0.39 is 62.1 Å². The van der Waals surface area contributed by atoms with Crippen molar-refractivity contribution in [3.05, 3.63) is 168 Å². The molecule has 0 spiro atoms. The van der Waals surface area contributed by atoms with E-state index in [4.69, 9.17) is 15.2 Å². The van der Waals surface area contributed by atoms with Crippen LogP contribution in [0.4, 0.5) is 32.0 Å². The number of hydrogen-bond donors (Lipinski definition) is 2. The predicted octanol–water partition coefficient (Wildman–Crippen LogP) is 10.7. The van der Waals surface area contributed by atoms with Crippen molar-refractivity contribution < 1.29 is 83.2 Å². The maximum atomic E-state index is 14.3. The van der Waals surface area contributed by atoms with Crippen LogP contribution in [0.5, 0.6) is 23.0 Å². The SMILES string of the molecule is CCOc1cc(C(CS(C)(=O)=O)n2c(=O)[nH]c3cc(-c4ccccc4F)ccc32)ccc1OC(F)F.CCOc1cc(C(Cc2ccc(-c3ccccc3F)cc2N)CS(C)(=O)=O)ccc1OC(F)F.[CH3-].[W]. The monoisotopic (exact) mass is 1210 g/mol. The van der Waals surface area contributed by atoms with Gasteiger partial charge in [0.15, 0.2) is 23.0 Å². The van der Waals surface area contributed by atoms with Gasteiger partial charge < -0.3 is 37.1 Å². The number of fused-ring (bicyclic) bond motifs is 1. The molecule has 0 aliphatic carbocycles. The third kappa shape index (κ3) is 15.4. The van der Waals surface area contributed by atoms with Gasteiger partial charge in [-0.25, -0.2) is 30.4 Å². The number of hydrogen-bond acceptors (Lipinski definition) is 10. The first-order valence-corrected chi connectivity index (χ1v) is 25.7. The summed E-state index contributed by atoms with van der Waals surface area (Å²) in [7, 11) is -7.01. The summed E-state index contributed by atoms with van der Waals surface area (Å²) in [5.41, 5.74) is 10.3. The number of aromatic amines is 1. The van der Waals surface area contributed by atoms with Crippen LogP contribution in [0, 0.1) is 19.1 Å². The minimum atomic E-state index is -3.61. The second-order valence-corrected chi connectivity index (χ2v) is 20.4. The minimum absolute atomic E-state index is 0. The van der Waals surface area contributed by atoms with Gasteiger partial charge in [-0.15, -0.1) is 0 Å². The maximum Gasteiger partial charge on any atom is 0.387 e. The van der Waals surface area contributed by atoms with Crippen molar-refractivity contribution in [2.45, 2.75) is 45.5 Å². The number of nitrogen functional groups attached to an aromatic ring is 1. The molecule has 0 saturated heterocycles. The van der Waals surface area contributed by atoms with E-state index in [1.165, 1.54) is 47.0 Å². The second-order valence-electron chi connectivity index (χ2n) is 16.0. The molecule has 0 bridgehead atoms. The number of nitrogens with one attached hydrogen (secondary N) is 1. The molecule has 0 amide bonds. The zero-order valence-electron chi connectivity index (χ0n) is 39.6. The molecule has 0 saturated carbocycles. The number of nitrogens with two attached hydrogens (primary N) is 1. The van der Waals surface area contributed by atoms with Crippen molar-refractivity contribution >= 4 is 36.4 Å². The average Bonchev–Trinajstić information content (AvgIpc) is 3.61. The molecule has 0 radical (unpaired) electrons. The summed E-state index contributed by atoms with van der Waals surface area (Å²) < 4.78 is 150. The van der Waals surface area contributed by atoms with Gasteiger partial charge in [0.25, 0.3) is 0 Å². The van der Waals surface area contributed by atoms with Crippen LogP contribution in [0.25, 0.3) is 33.3 Å². The number of nitrogens with zero attached hydrogens (tertiary/aromatic N) is 1. The van der Waals surface area contributed by atoms with Crippen LogP contribution in [0.2, 0.25) is 0 Å². The van der Waals surface area contributed by atoms with Crippen molar-refractivity contribution in [2.24, 2.45) is 0 Å². The number of sulfone groups is 2. The van der Waals surface area contributed by atoms with Crippen molar-refractivity contribution in [1.29, 1.82) is 0 Å². The first-order valence-electron chi connectivity index (χ1n) is 21.6. The van der Waals surface area contributed by atoms with Gasteiger partial charge in [0.2, 0.25) is 0 Å². The molecular formula is C51H52F6N3O9S2W-. The Morgan fingerprint density at radius 2 is 1.11 bits per heavy atom. The van der Waals surface area contributed by atoms with E-state index in [0.717, 1.165) is 12.5 Å². The average molecular weight is 1210 g/mol. The number of imidazole rings is 1. The summed E-state index contributed by atoms with van der Waals surface area (Å²) in [6, 6.07) is 29.9. The standard InChI is InChI=1S/C25H23F3N2O5S.C25H26F3NO4S.CH3.W/c1-3-34-23-13-16(9-11-22(23)35-24(27)28)21(14-36(2,32)33)30-20-10-8-15(12-19(20)29-25(30)31)17-6-4-5-7-18(17)26;1-3-32-24-14-16(10-11-23(24)33-25(27)28)19(15-34(2,30)31)12-18-9-8-17(13-22(18)29)20-6-4-5-7-21(20)26;;/h4-13,21,24H,3,14H2,1-2H3,(H,29,31);4-11,13-14,19,25H,3,12,15,29H2,1-2H3;1H3;/q;;-1;. The van der Waals surface area contributed by atoms with Gasteiger partial charge >= 0.3 is 18.9 Å². The van der Waals surface area contributed by atoms with E-state index in [2.05, 4.69) is 14.5 Å². The molecular weight excluding hydrogens is 1160 g/mol. The fourth-order valence-electron chi connectivity index (χ4n) is 7.89. The van der Waals surface area contributed by atoms with E-state index in [9.17, 15) is 48.0 Å². The Balaban J connectivity index is 0.000000305. The molecule has 0 aliphatic rings. The van der Waals surface area contributed by atoms with Gasteiger partial charge in [-0.3, -0.25) is 4.57 Å². The minimum Gasteiger partial charge on any atom is -0.490 e. The fraction of sp³-hybridized carbons (Fsp3) is 0.255. The molecule has 12 nitrogen and oxygen atoms in total. The van der Waals surface area contributed by atoms with Crippen molar-refractivity contribution in [3.8, 4) is 45.3 Å². The molecule has 386 valence electrons. The Kier molecular flexibility index (Phi) is 20.6. The van der Waals surface area contributed by atoms with E-state index >= 15 is 0 Å². The largest absolute Gasteiger partial charge is 0.490 e. The molecule has 21 heteroatoms. The summed E-state index contributed by atoms with van der Waals surface area (Å²) >= 11 is 0. The molecule has 7 rings (SSSR count). The first-order chi connectivity index (χ1) is 33.1. The molecule has 72 heavy (non-hydrogen) atoms. The maximum absolute atomic E-state index is 14.3. The summed E-state index contributed by atoms with van der Waals surface area (Å²) in [5, 5.41) is 0. The summed E-state index contributed by atoms with van der Waals surface area (Å²) in [6.07, 6.45) is 2.42. The Hall–Kier alpha value is -6.24. The zero-order chi connectivity index (χ0) is 50.9. The van der Waals surface area contributed by atoms with E-state index in [1.807, 2.05) is 0 Å². The van der Waals surface area contributed by atoms with Gasteiger partial charge in [0.05, 0.1) is 41.8 Å². The van der Waals surface area contributed by atoms with Gasteiger partial charge in [0.1, 0.15) is 31.3 Å². The van der Waals surface area contributed by atoms with Gasteiger partial charge in [-0.05, 0) is 103 Å². The summed E-state index contributed by atoms with van der Waals surface area (Å²) in [6.45, 7) is -2.39. The number of halogens is 6. The number of anilines is 1. The predicted molar refractivity (Wildman–Crippen MR) is 263 cm³/mol. The van der Waals surface area contributed by atoms with Crippen molar-refractivity contribution in [1.82, 2.24) is 9.55 Å². The van der Waals surface area contributed by atoms with Gasteiger partial charge in [-0.1, -0.05) is 66.7 Å². The van der Waals surface area contributed by atoms with E-state index in [1.54, 1.807) is 92.7 Å². The molecule has 1 heterocycles. The fourth-order valence-corrected chi connectivity index (χ4v) is 9.85. The molecule has 1 aromatic heterocycles. The quantitative estimate of drug-likeness (QED) is 0.0452. The first kappa shape index (κ1) is 58.3. The number of benzene rings is 6. The van der Waals surface area contributed by atoms with Crippen LogP contribution in [0.3, 0.4) is 0 Å². The normalized spacial score (nSPS) is 12.3. The topological polar surface area (TPSA) is 169 Å².